The summed E-state index contributed by atoms with van der Waals surface area (Å²) in [5.74, 6) is -1.37. The topological polar surface area (TPSA) is 263 Å². The Hall–Kier alpha value is -4.99. The van der Waals surface area contributed by atoms with Crippen molar-refractivity contribution in [1.82, 2.24) is 39.9 Å². The molecule has 1 unspecified atom stereocenters. The molecule has 0 bridgehead atoms. The molecule has 46 heavy (non-hydrogen) atoms. The van der Waals surface area contributed by atoms with Gasteiger partial charge in [0.05, 0.1) is 24.3 Å². The van der Waals surface area contributed by atoms with E-state index >= 15 is 0 Å². The van der Waals surface area contributed by atoms with Gasteiger partial charge in [0.2, 0.25) is 18.1 Å². The second kappa shape index (κ2) is 13.6. The van der Waals surface area contributed by atoms with E-state index in [1.807, 2.05) is 36.3 Å². The predicted octanol–water partition coefficient (Wildman–Crippen LogP) is -1.06. The number of β-lactam (4-membered cyclic amide) rings is 1. The van der Waals surface area contributed by atoms with E-state index < -0.39 is 40.3 Å². The first-order valence-electron chi connectivity index (χ1n) is 13.8. The Bertz CT molecular complexity index is 1820. The van der Waals surface area contributed by atoms with E-state index in [9.17, 15) is 22.6 Å². The fourth-order valence-electron chi connectivity index (χ4n) is 4.59. The van der Waals surface area contributed by atoms with Gasteiger partial charge in [0.25, 0.3) is 11.8 Å². The van der Waals surface area contributed by atoms with Gasteiger partial charge in [-0.2, -0.15) is 18.3 Å². The van der Waals surface area contributed by atoms with Crippen molar-refractivity contribution in [1.29, 1.82) is 0 Å². The van der Waals surface area contributed by atoms with Crippen LogP contribution in [0, 0.1) is 0 Å². The molecule has 0 radical (unpaired) electrons. The number of tetrazole rings is 1. The number of thiazole rings is 1. The van der Waals surface area contributed by atoms with Crippen LogP contribution in [0.15, 0.2) is 47.2 Å². The number of nitrogens with two attached hydrogens (primary N) is 2. The molecule has 5 rings (SSSR count). The first kappa shape index (κ1) is 32.4. The van der Waals surface area contributed by atoms with Crippen LogP contribution in [-0.4, -0.2) is 90.3 Å². The number of rotatable bonds is 14. The molecule has 3 aromatic heterocycles. The number of H-pyrrole nitrogens is 1. The maximum absolute atomic E-state index is 13.2. The van der Waals surface area contributed by atoms with Crippen LogP contribution >= 0.6 is 11.3 Å². The summed E-state index contributed by atoms with van der Waals surface area (Å²) in [4.78, 5) is 35.3. The van der Waals surface area contributed by atoms with Gasteiger partial charge < -0.3 is 26.4 Å². The number of benzene rings is 1. The molecule has 4 aromatic rings. The quantitative estimate of drug-likeness (QED) is 0.0351. The number of anilines is 1. The van der Waals surface area contributed by atoms with Crippen molar-refractivity contribution in [2.24, 2.45) is 17.9 Å². The number of aryl methyl sites for hydroxylation is 2. The first-order valence-corrected chi connectivity index (χ1v) is 16.0. The zero-order valence-electron chi connectivity index (χ0n) is 24.5. The van der Waals surface area contributed by atoms with Crippen molar-refractivity contribution in [2.75, 3.05) is 18.9 Å². The van der Waals surface area contributed by atoms with E-state index in [0.717, 1.165) is 35.4 Å². The number of hydrogen-bond donors (Lipinski definition) is 5. The molecule has 7 N–H and O–H groups in total. The van der Waals surface area contributed by atoms with E-state index in [0.29, 0.717) is 12.3 Å². The molecule has 244 valence electrons. The van der Waals surface area contributed by atoms with Crippen molar-refractivity contribution < 1.29 is 36.8 Å². The molecule has 1 fully saturated rings. The number of nitrogen functional groups attached to an aromatic ring is 1. The number of aromatic amines is 1. The number of carbonyl (C=O) groups is 2. The Labute approximate surface area is 266 Å². The minimum absolute atomic E-state index is 0.0275. The van der Waals surface area contributed by atoms with E-state index in [1.165, 1.54) is 12.3 Å². The SMILES string of the molecule is C[C@H]1[C@H](NC(=O)/C(=N\OC(COc2ccc(-c3cn(CCCN)[n+](C)c3)cc2)c2nn[nH]n2)c2csc(N)n2)C(=O)N1S(=O)(=O)O. The summed E-state index contributed by atoms with van der Waals surface area (Å²) < 4.78 is 42.4. The number of carbonyl (C=O) groups excluding carboxylic acids is 2. The number of ether oxygens (including phenoxy) is 1. The monoisotopic (exact) mass is 675 g/mol. The van der Waals surface area contributed by atoms with Crippen LogP contribution in [0.5, 0.6) is 5.75 Å². The minimum atomic E-state index is -4.79. The molecule has 0 saturated carbocycles. The van der Waals surface area contributed by atoms with Gasteiger partial charge in [-0.1, -0.05) is 22.5 Å². The molecule has 19 nitrogen and oxygen atoms in total. The smallest absolute Gasteiger partial charge is 0.362 e. The Morgan fingerprint density at radius 1 is 1.30 bits per heavy atom. The Balaban J connectivity index is 1.30. The number of amides is 2. The largest absolute Gasteiger partial charge is 0.489 e. The lowest BCUT2D eigenvalue weighted by molar-refractivity contribution is -0.753. The van der Waals surface area contributed by atoms with Gasteiger partial charge in [0.15, 0.2) is 17.9 Å². The van der Waals surface area contributed by atoms with Gasteiger partial charge in [0, 0.05) is 5.38 Å². The van der Waals surface area contributed by atoms with Crippen molar-refractivity contribution in [3.63, 3.8) is 0 Å². The van der Waals surface area contributed by atoms with Crippen molar-refractivity contribution >= 4 is 44.3 Å². The van der Waals surface area contributed by atoms with Crippen LogP contribution < -0.4 is 26.2 Å². The van der Waals surface area contributed by atoms with E-state index in [-0.39, 0.29) is 33.3 Å². The number of hydrogen-bond acceptors (Lipinski definition) is 14. The fraction of sp³-hybridized carbons (Fsp3) is 0.360. The van der Waals surface area contributed by atoms with Crippen LogP contribution in [-0.2, 0) is 38.3 Å². The third kappa shape index (κ3) is 7.11. The minimum Gasteiger partial charge on any atom is -0.489 e. The van der Waals surface area contributed by atoms with Gasteiger partial charge in [-0.05, 0) is 37.6 Å². The van der Waals surface area contributed by atoms with Crippen molar-refractivity contribution in [2.45, 2.75) is 38.1 Å². The van der Waals surface area contributed by atoms with Gasteiger partial charge in [-0.25, -0.2) is 9.29 Å². The molecule has 1 aromatic carbocycles. The first-order chi connectivity index (χ1) is 22.0. The zero-order valence-corrected chi connectivity index (χ0v) is 26.2. The lowest BCUT2D eigenvalue weighted by Gasteiger charge is -2.42. The molecule has 0 spiro atoms. The predicted molar refractivity (Wildman–Crippen MR) is 161 cm³/mol. The van der Waals surface area contributed by atoms with E-state index in [4.69, 9.17) is 21.0 Å². The molecule has 1 saturated heterocycles. The highest BCUT2D eigenvalue weighted by atomic mass is 32.2. The maximum Gasteiger partial charge on any atom is 0.362 e. The summed E-state index contributed by atoms with van der Waals surface area (Å²) in [7, 11) is -2.83. The van der Waals surface area contributed by atoms with Crippen LogP contribution in [0.1, 0.15) is 31.0 Å². The highest BCUT2D eigenvalue weighted by Gasteiger charge is 2.51. The summed E-state index contributed by atoms with van der Waals surface area (Å²) in [5, 5.41) is 21.7. The average molecular weight is 676 g/mol. The molecule has 2 amide bonds. The summed E-state index contributed by atoms with van der Waals surface area (Å²) in [5.41, 5.74) is 13.0. The molecule has 1 aliphatic rings. The molecule has 1 aliphatic heterocycles. The fourth-order valence-corrected chi connectivity index (χ4v) is 6.02. The zero-order chi connectivity index (χ0) is 33.0. The molecule has 21 heteroatoms. The van der Waals surface area contributed by atoms with Gasteiger partial charge >= 0.3 is 10.3 Å². The lowest BCUT2D eigenvalue weighted by atomic mass is 10.0. The number of oxime groups is 1. The van der Waals surface area contributed by atoms with Crippen molar-refractivity contribution in [3.05, 3.63) is 53.6 Å². The highest BCUT2D eigenvalue weighted by Crippen LogP contribution is 2.25. The molecular formula is C25H31N12O7S2+. The molecule has 3 atom stereocenters. The van der Waals surface area contributed by atoms with Crippen LogP contribution in [0.25, 0.3) is 11.1 Å². The third-order valence-electron chi connectivity index (χ3n) is 6.97. The van der Waals surface area contributed by atoms with Crippen LogP contribution in [0.4, 0.5) is 5.13 Å². The molecular weight excluding hydrogens is 644 g/mol. The number of nitrogens with one attached hydrogen (secondary N) is 2. The standard InChI is InChI=1S/C25H30N12O7S2/c1-14-20(24(39)37(14)46(40,41)42)29-23(38)21(18-13-45-25(27)28-18)32-44-19(22-30-33-34-31-22)12-43-17-6-4-15(5-7-17)16-10-35(2)36(11-16)9-3-8-26/h4-7,10-11,13-14,19-20H,3,8-9,12,26H2,1-2H3,(H4-,27,28,29,30,31,33,34,38,40,41,42)/p+1/b32-21-/t14-,19?,20-/m0/s1. The second-order valence-corrected chi connectivity index (χ2v) is 12.3. The highest BCUT2D eigenvalue weighted by molar-refractivity contribution is 7.84. The lowest BCUT2D eigenvalue weighted by Crippen LogP contribution is -2.71. The van der Waals surface area contributed by atoms with Gasteiger partial charge in [-0.3, -0.25) is 14.1 Å². The number of aromatic nitrogens is 7. The summed E-state index contributed by atoms with van der Waals surface area (Å²) in [6.07, 6.45) is 3.86. The van der Waals surface area contributed by atoms with E-state index in [1.54, 1.807) is 12.1 Å². The van der Waals surface area contributed by atoms with E-state index in [2.05, 4.69) is 40.8 Å². The third-order valence-corrected chi connectivity index (χ3v) is 8.65. The Kier molecular flexibility index (Phi) is 9.55. The Morgan fingerprint density at radius 3 is 2.67 bits per heavy atom. The van der Waals surface area contributed by atoms with Crippen LogP contribution in [0.2, 0.25) is 0 Å². The normalized spacial score (nSPS) is 17.4. The summed E-state index contributed by atoms with van der Waals surface area (Å²) in [6, 6.07) is 5.06. The summed E-state index contributed by atoms with van der Waals surface area (Å²) in [6.45, 7) is 2.59. The van der Waals surface area contributed by atoms with Gasteiger partial charge in [0.1, 0.15) is 24.1 Å². The van der Waals surface area contributed by atoms with Crippen LogP contribution in [0.3, 0.4) is 0 Å². The molecule has 0 aliphatic carbocycles. The number of nitrogens with zero attached hydrogens (tertiary/aromatic N) is 8. The summed E-state index contributed by atoms with van der Waals surface area (Å²) >= 11 is 1.03. The average Bonchev–Trinajstić information content (AvgIpc) is 3.78. The second-order valence-electron chi connectivity index (χ2n) is 10.1. The maximum atomic E-state index is 13.2. The van der Waals surface area contributed by atoms with Gasteiger partial charge in [-0.15, -0.1) is 26.2 Å². The molecule has 4 heterocycles. The Morgan fingerprint density at radius 2 is 2.07 bits per heavy atom. The van der Waals surface area contributed by atoms with Crippen molar-refractivity contribution in [3.8, 4) is 16.9 Å².